The van der Waals surface area contributed by atoms with Crippen molar-refractivity contribution >= 4 is 33.9 Å². The van der Waals surface area contributed by atoms with Crippen LogP contribution in [0.1, 0.15) is 37.1 Å². The molecule has 2 amide bonds. The molecule has 1 fully saturated rings. The number of hydrogen-bond acceptors (Lipinski definition) is 7. The number of nitrogens with one attached hydrogen (secondary N) is 1. The molecule has 1 aliphatic heterocycles. The second kappa shape index (κ2) is 10.4. The van der Waals surface area contributed by atoms with Crippen molar-refractivity contribution in [2.24, 2.45) is 0 Å². The minimum atomic E-state index is -0.640. The van der Waals surface area contributed by atoms with Crippen molar-refractivity contribution in [1.29, 1.82) is 0 Å². The number of halogens is 1. The predicted molar refractivity (Wildman–Crippen MR) is 140 cm³/mol. The van der Waals surface area contributed by atoms with Gasteiger partial charge in [-0.15, -0.1) is 17.8 Å². The van der Waals surface area contributed by atoms with Crippen molar-refractivity contribution in [2.75, 3.05) is 33.3 Å². The third kappa shape index (κ3) is 4.73. The van der Waals surface area contributed by atoms with Gasteiger partial charge >= 0.3 is 0 Å². The number of carbonyl (C=O) groups excluding carboxylic acids is 2. The maximum absolute atomic E-state index is 14.8. The van der Waals surface area contributed by atoms with E-state index in [2.05, 4.69) is 21.1 Å². The lowest BCUT2D eigenvalue weighted by molar-refractivity contribution is 0.0530. The zero-order valence-electron chi connectivity index (χ0n) is 20.4. The number of amides is 2. The Morgan fingerprint density at radius 3 is 2.58 bits per heavy atom. The fourth-order valence-corrected chi connectivity index (χ4v) is 5.07. The van der Waals surface area contributed by atoms with Crippen molar-refractivity contribution in [3.8, 4) is 18.1 Å². The Bertz CT molecular complexity index is 1650. The highest BCUT2D eigenvalue weighted by molar-refractivity contribution is 7.10. The maximum Gasteiger partial charge on any atom is 0.273 e. The number of hydrogen-bond donors (Lipinski definition) is 1. The molecule has 2 aromatic carbocycles. The maximum atomic E-state index is 14.8. The molecule has 0 radical (unpaired) electrons. The molecule has 192 valence electrons. The highest BCUT2D eigenvalue weighted by Gasteiger charge is 2.28. The standard InChI is InChI=1S/C27H22FN5O4S/c1-3-23-29-21(15-38-23)27(36)33-11-9-32(10-12-33)26(35)18-13-16(7-8-19(18)28)14-20-24-17(25(34)31-30-20)5-4-6-22(24)37-2/h1,4-8,13,15H,9-12,14H2,2H3,(H,31,34). The van der Waals surface area contributed by atoms with Gasteiger partial charge in [0.2, 0.25) is 0 Å². The molecule has 0 atom stereocenters. The summed E-state index contributed by atoms with van der Waals surface area (Å²) in [7, 11) is 1.51. The van der Waals surface area contributed by atoms with E-state index in [9.17, 15) is 18.8 Å². The van der Waals surface area contributed by atoms with Crippen molar-refractivity contribution < 1.29 is 18.7 Å². The molecule has 1 aliphatic rings. The van der Waals surface area contributed by atoms with Gasteiger partial charge in [0, 0.05) is 38.0 Å². The number of aromatic amines is 1. The lowest BCUT2D eigenvalue weighted by Crippen LogP contribution is -2.50. The minimum Gasteiger partial charge on any atom is -0.496 e. The highest BCUT2D eigenvalue weighted by atomic mass is 32.1. The summed E-state index contributed by atoms with van der Waals surface area (Å²) in [5.41, 5.74) is 1.04. The molecule has 9 nitrogen and oxygen atoms in total. The van der Waals surface area contributed by atoms with Crippen molar-refractivity contribution in [1.82, 2.24) is 25.0 Å². The summed E-state index contributed by atoms with van der Waals surface area (Å²) in [6, 6.07) is 9.45. The summed E-state index contributed by atoms with van der Waals surface area (Å²) in [5, 5.41) is 9.72. The normalized spacial score (nSPS) is 13.4. The van der Waals surface area contributed by atoms with Gasteiger partial charge < -0.3 is 14.5 Å². The molecule has 4 aromatic rings. The van der Waals surface area contributed by atoms with Gasteiger partial charge in [-0.05, 0) is 35.7 Å². The molecular weight excluding hydrogens is 509 g/mol. The fourth-order valence-electron chi connectivity index (χ4n) is 4.47. The number of methoxy groups -OCH3 is 1. The smallest absolute Gasteiger partial charge is 0.273 e. The first-order valence-electron chi connectivity index (χ1n) is 11.7. The summed E-state index contributed by atoms with van der Waals surface area (Å²) in [6.45, 7) is 1.09. The lowest BCUT2D eigenvalue weighted by atomic mass is 10.0. The summed E-state index contributed by atoms with van der Waals surface area (Å²) in [5.74, 6) is 1.55. The van der Waals surface area contributed by atoms with Crippen LogP contribution in [0.5, 0.6) is 5.75 Å². The second-order valence-corrected chi connectivity index (χ2v) is 9.50. The van der Waals surface area contributed by atoms with Gasteiger partial charge in [0.05, 0.1) is 29.1 Å². The fraction of sp³-hybridized carbons (Fsp3) is 0.222. The zero-order valence-corrected chi connectivity index (χ0v) is 21.2. The Balaban J connectivity index is 1.33. The third-order valence-electron chi connectivity index (χ3n) is 6.41. The van der Waals surface area contributed by atoms with E-state index in [0.717, 1.165) is 0 Å². The van der Waals surface area contributed by atoms with Crippen LogP contribution in [-0.2, 0) is 6.42 Å². The van der Waals surface area contributed by atoms with Gasteiger partial charge in [0.25, 0.3) is 17.4 Å². The first-order chi connectivity index (χ1) is 18.4. The van der Waals surface area contributed by atoms with Crippen LogP contribution in [-0.4, -0.2) is 70.1 Å². The molecular formula is C27H22FN5O4S. The van der Waals surface area contributed by atoms with E-state index >= 15 is 0 Å². The highest BCUT2D eigenvalue weighted by Crippen LogP contribution is 2.27. The first-order valence-corrected chi connectivity index (χ1v) is 12.6. The zero-order chi connectivity index (χ0) is 26.8. The van der Waals surface area contributed by atoms with Gasteiger partial charge in [-0.3, -0.25) is 14.4 Å². The van der Waals surface area contributed by atoms with Crippen LogP contribution in [0.2, 0.25) is 0 Å². The average Bonchev–Trinajstić information content (AvgIpc) is 3.44. The van der Waals surface area contributed by atoms with E-state index in [1.807, 2.05) is 0 Å². The average molecular weight is 532 g/mol. The third-order valence-corrected chi connectivity index (χ3v) is 7.18. The summed E-state index contributed by atoms with van der Waals surface area (Å²) >= 11 is 1.22. The second-order valence-electron chi connectivity index (χ2n) is 8.64. The Morgan fingerprint density at radius 2 is 1.89 bits per heavy atom. The van der Waals surface area contributed by atoms with Crippen LogP contribution < -0.4 is 10.3 Å². The minimum absolute atomic E-state index is 0.0684. The van der Waals surface area contributed by atoms with Crippen LogP contribution in [0.3, 0.4) is 0 Å². The molecule has 11 heteroatoms. The molecule has 0 aliphatic carbocycles. The molecule has 0 saturated carbocycles. The Kier molecular flexibility index (Phi) is 6.89. The van der Waals surface area contributed by atoms with Crippen LogP contribution in [0.4, 0.5) is 4.39 Å². The van der Waals surface area contributed by atoms with Crippen LogP contribution in [0, 0.1) is 18.2 Å². The van der Waals surface area contributed by atoms with Crippen LogP contribution in [0.25, 0.3) is 10.8 Å². The molecule has 5 rings (SSSR count). The molecule has 2 aromatic heterocycles. The number of thiazole rings is 1. The Hall–Kier alpha value is -4.56. The van der Waals surface area contributed by atoms with Crippen molar-refractivity contribution in [2.45, 2.75) is 6.42 Å². The van der Waals surface area contributed by atoms with E-state index in [0.29, 0.717) is 45.9 Å². The molecule has 38 heavy (non-hydrogen) atoms. The molecule has 0 bridgehead atoms. The molecule has 3 heterocycles. The van der Waals surface area contributed by atoms with Gasteiger partial charge in [0.1, 0.15) is 17.3 Å². The van der Waals surface area contributed by atoms with Gasteiger partial charge in [-0.1, -0.05) is 12.1 Å². The monoisotopic (exact) mass is 531 g/mol. The van der Waals surface area contributed by atoms with Crippen LogP contribution in [0.15, 0.2) is 46.6 Å². The number of nitrogens with zero attached hydrogens (tertiary/aromatic N) is 4. The van der Waals surface area contributed by atoms with Gasteiger partial charge in [-0.25, -0.2) is 14.5 Å². The number of carbonyl (C=O) groups is 2. The first kappa shape index (κ1) is 25.1. The number of rotatable bonds is 5. The summed E-state index contributed by atoms with van der Waals surface area (Å²) in [4.78, 5) is 45.5. The number of terminal acetylenes is 1. The van der Waals surface area contributed by atoms with E-state index in [-0.39, 0.29) is 42.2 Å². The summed E-state index contributed by atoms with van der Waals surface area (Å²) < 4.78 is 20.2. The molecule has 0 unspecified atom stereocenters. The predicted octanol–water partition coefficient (Wildman–Crippen LogP) is 2.70. The number of H-pyrrole nitrogens is 1. The van der Waals surface area contributed by atoms with Gasteiger partial charge in [0.15, 0.2) is 5.01 Å². The summed E-state index contributed by atoms with van der Waals surface area (Å²) in [6.07, 6.45) is 5.57. The van der Waals surface area contributed by atoms with Crippen molar-refractivity contribution in [3.05, 3.63) is 85.5 Å². The molecule has 1 saturated heterocycles. The number of ether oxygens (including phenoxy) is 1. The Labute approximate surface area is 220 Å². The number of aromatic nitrogens is 3. The Morgan fingerprint density at radius 1 is 1.16 bits per heavy atom. The van der Waals surface area contributed by atoms with Crippen molar-refractivity contribution in [3.63, 3.8) is 0 Å². The topological polar surface area (TPSA) is 108 Å². The van der Waals surface area contributed by atoms with Gasteiger partial charge in [-0.2, -0.15) is 5.10 Å². The van der Waals surface area contributed by atoms with Crippen LogP contribution >= 0.6 is 11.3 Å². The molecule has 0 spiro atoms. The largest absolute Gasteiger partial charge is 0.496 e. The van der Waals surface area contributed by atoms with E-state index in [4.69, 9.17) is 11.2 Å². The number of fused-ring (bicyclic) bond motifs is 1. The van der Waals surface area contributed by atoms with E-state index in [1.54, 1.807) is 34.5 Å². The number of piperazine rings is 1. The molecule has 1 N–H and O–H groups in total. The number of benzene rings is 2. The SMILES string of the molecule is C#Cc1nc(C(=O)N2CCN(C(=O)c3cc(Cc4n[nH]c(=O)c5cccc(OC)c45)ccc3F)CC2)cs1. The lowest BCUT2D eigenvalue weighted by Gasteiger charge is -2.34. The van der Waals surface area contributed by atoms with E-state index in [1.165, 1.54) is 35.5 Å². The van der Waals surface area contributed by atoms with E-state index < -0.39 is 11.7 Å². The quantitative estimate of drug-likeness (QED) is 0.397.